The summed E-state index contributed by atoms with van der Waals surface area (Å²) >= 11 is 0. The number of unbranched alkanes of at least 4 members (excludes halogenated alkanes) is 1. The molecule has 2 aliphatic heterocycles. The number of piperazine rings is 1. The van der Waals surface area contributed by atoms with Crippen LogP contribution in [0.4, 0.5) is 0 Å². The lowest BCUT2D eigenvalue weighted by molar-refractivity contribution is 0.0000416. The van der Waals surface area contributed by atoms with E-state index in [0.29, 0.717) is 11.0 Å². The molecule has 0 radical (unpaired) electrons. The number of likely N-dealkylation sites (tertiary alicyclic amines) is 1. The largest absolute Gasteiger partial charge is 0.303 e. The highest BCUT2D eigenvalue weighted by Crippen LogP contribution is 2.42. The quantitative estimate of drug-likeness (QED) is 0.585. The van der Waals surface area contributed by atoms with E-state index in [0.717, 1.165) is 5.92 Å². The zero-order chi connectivity index (χ0) is 19.2. The minimum absolute atomic E-state index is 0.320. The fourth-order valence-electron chi connectivity index (χ4n) is 5.58. The molecular weight excluding hydrogens is 318 g/mol. The van der Waals surface area contributed by atoms with Gasteiger partial charge in [-0.3, -0.25) is 4.90 Å². The van der Waals surface area contributed by atoms with Gasteiger partial charge in [-0.15, -0.1) is 0 Å². The highest BCUT2D eigenvalue weighted by atomic mass is 15.3. The van der Waals surface area contributed by atoms with Gasteiger partial charge in [0.05, 0.1) is 0 Å². The van der Waals surface area contributed by atoms with Gasteiger partial charge in [-0.25, -0.2) is 0 Å². The van der Waals surface area contributed by atoms with Gasteiger partial charge in [0.15, 0.2) is 0 Å². The molecule has 0 amide bonds. The summed E-state index contributed by atoms with van der Waals surface area (Å²) in [6.07, 6.45) is 8.09. The molecule has 0 aromatic heterocycles. The van der Waals surface area contributed by atoms with E-state index in [9.17, 15) is 0 Å². The van der Waals surface area contributed by atoms with Gasteiger partial charge in [0.1, 0.15) is 0 Å². The van der Waals surface area contributed by atoms with E-state index >= 15 is 0 Å². The summed E-state index contributed by atoms with van der Waals surface area (Å²) in [6.45, 7) is 25.0. The zero-order valence-electron chi connectivity index (χ0n) is 18.8. The van der Waals surface area contributed by atoms with E-state index in [2.05, 4.69) is 56.2 Å². The first kappa shape index (κ1) is 22.2. The third kappa shape index (κ3) is 6.21. The standard InChI is InChI=1S/C23H47N3/c1-7-9-13-25-16-18-26(19-17-25)23(5,6)20-22(3,4)21-10-14-24(12-8-2)15-11-21/h21H,7-20H2,1-6H3. The molecule has 0 aliphatic carbocycles. The molecule has 2 saturated heterocycles. The van der Waals surface area contributed by atoms with Crippen LogP contribution in [0.3, 0.4) is 0 Å². The fraction of sp³-hybridized carbons (Fsp3) is 1.00. The van der Waals surface area contributed by atoms with E-state index < -0.39 is 0 Å². The van der Waals surface area contributed by atoms with E-state index in [1.165, 1.54) is 90.9 Å². The van der Waals surface area contributed by atoms with Crippen LogP contribution in [0.5, 0.6) is 0 Å². The Labute approximate surface area is 164 Å². The fourth-order valence-corrected chi connectivity index (χ4v) is 5.58. The molecule has 0 aromatic carbocycles. The van der Waals surface area contributed by atoms with Crippen LogP contribution in [-0.2, 0) is 0 Å². The van der Waals surface area contributed by atoms with E-state index in [1.807, 2.05) is 0 Å². The first-order valence-corrected chi connectivity index (χ1v) is 11.5. The Morgan fingerprint density at radius 1 is 0.731 bits per heavy atom. The van der Waals surface area contributed by atoms with Crippen molar-refractivity contribution in [1.82, 2.24) is 14.7 Å². The Hall–Kier alpha value is -0.120. The van der Waals surface area contributed by atoms with Gasteiger partial charge in [0, 0.05) is 31.7 Å². The summed E-state index contributed by atoms with van der Waals surface area (Å²) in [6, 6.07) is 0. The zero-order valence-corrected chi connectivity index (χ0v) is 18.8. The van der Waals surface area contributed by atoms with Crippen LogP contribution >= 0.6 is 0 Å². The van der Waals surface area contributed by atoms with Crippen LogP contribution in [0.2, 0.25) is 0 Å². The van der Waals surface area contributed by atoms with E-state index in [-0.39, 0.29) is 0 Å². The van der Waals surface area contributed by atoms with Gasteiger partial charge in [0.25, 0.3) is 0 Å². The van der Waals surface area contributed by atoms with Crippen LogP contribution in [-0.4, -0.2) is 72.6 Å². The minimum atomic E-state index is 0.320. The monoisotopic (exact) mass is 365 g/mol. The van der Waals surface area contributed by atoms with Crippen LogP contribution in [0.15, 0.2) is 0 Å². The summed E-state index contributed by atoms with van der Waals surface area (Å²) in [4.78, 5) is 8.13. The average Bonchev–Trinajstić information content (AvgIpc) is 2.60. The van der Waals surface area contributed by atoms with E-state index in [4.69, 9.17) is 0 Å². The van der Waals surface area contributed by atoms with Crippen LogP contribution in [0, 0.1) is 11.3 Å². The van der Waals surface area contributed by atoms with Gasteiger partial charge >= 0.3 is 0 Å². The normalized spacial score (nSPS) is 22.8. The molecule has 0 unspecified atom stereocenters. The molecule has 0 spiro atoms. The molecule has 2 aliphatic rings. The molecule has 0 aromatic rings. The Morgan fingerprint density at radius 2 is 1.31 bits per heavy atom. The molecule has 3 heteroatoms. The van der Waals surface area contributed by atoms with Crippen LogP contribution < -0.4 is 0 Å². The van der Waals surface area contributed by atoms with Gasteiger partial charge < -0.3 is 9.80 Å². The molecule has 154 valence electrons. The SMILES string of the molecule is CCCCN1CCN(C(C)(C)CC(C)(C)C2CCN(CCC)CC2)CC1. The third-order valence-electron chi connectivity index (χ3n) is 7.18. The predicted molar refractivity (Wildman–Crippen MR) is 115 cm³/mol. The first-order valence-electron chi connectivity index (χ1n) is 11.5. The second kappa shape index (κ2) is 9.89. The predicted octanol–water partition coefficient (Wildman–Crippen LogP) is 4.72. The molecule has 0 N–H and O–H groups in total. The van der Waals surface area contributed by atoms with Crippen molar-refractivity contribution in [2.45, 2.75) is 85.6 Å². The van der Waals surface area contributed by atoms with Crippen molar-refractivity contribution in [3.8, 4) is 0 Å². The topological polar surface area (TPSA) is 9.72 Å². The molecule has 2 fully saturated rings. The van der Waals surface area contributed by atoms with E-state index in [1.54, 1.807) is 0 Å². The molecule has 2 rings (SSSR count). The number of rotatable bonds is 9. The maximum Gasteiger partial charge on any atom is 0.0159 e. The number of nitrogens with zero attached hydrogens (tertiary/aromatic N) is 3. The summed E-state index contributed by atoms with van der Waals surface area (Å²) in [5.41, 5.74) is 0.766. The molecular formula is C23H47N3. The van der Waals surface area contributed by atoms with Crippen molar-refractivity contribution >= 4 is 0 Å². The van der Waals surface area contributed by atoms with Gasteiger partial charge in [-0.2, -0.15) is 0 Å². The maximum absolute atomic E-state index is 2.78. The average molecular weight is 366 g/mol. The van der Waals surface area contributed by atoms with Crippen molar-refractivity contribution in [2.75, 3.05) is 52.4 Å². The third-order valence-corrected chi connectivity index (χ3v) is 7.18. The first-order chi connectivity index (χ1) is 12.3. The minimum Gasteiger partial charge on any atom is -0.303 e. The number of piperidine rings is 1. The summed E-state index contributed by atoms with van der Waals surface area (Å²) in [5, 5.41) is 0. The Morgan fingerprint density at radius 3 is 1.85 bits per heavy atom. The van der Waals surface area contributed by atoms with Gasteiger partial charge in [-0.1, -0.05) is 34.1 Å². The number of hydrogen-bond acceptors (Lipinski definition) is 3. The molecule has 0 bridgehead atoms. The number of hydrogen-bond donors (Lipinski definition) is 0. The van der Waals surface area contributed by atoms with Crippen LogP contribution in [0.1, 0.15) is 80.1 Å². The molecule has 0 atom stereocenters. The van der Waals surface area contributed by atoms with Crippen molar-refractivity contribution in [2.24, 2.45) is 11.3 Å². The molecule has 2 heterocycles. The second-order valence-corrected chi connectivity index (χ2v) is 10.3. The second-order valence-electron chi connectivity index (χ2n) is 10.3. The molecule has 3 nitrogen and oxygen atoms in total. The summed E-state index contributed by atoms with van der Waals surface area (Å²) in [7, 11) is 0. The maximum atomic E-state index is 2.78. The highest BCUT2D eigenvalue weighted by molar-refractivity contribution is 4.94. The van der Waals surface area contributed by atoms with Crippen LogP contribution in [0.25, 0.3) is 0 Å². The molecule has 26 heavy (non-hydrogen) atoms. The van der Waals surface area contributed by atoms with Gasteiger partial charge in [0.2, 0.25) is 0 Å². The lowest BCUT2D eigenvalue weighted by Gasteiger charge is -2.50. The van der Waals surface area contributed by atoms with Crippen molar-refractivity contribution in [1.29, 1.82) is 0 Å². The van der Waals surface area contributed by atoms with Gasteiger partial charge in [-0.05, 0) is 83.5 Å². The molecule has 0 saturated carbocycles. The summed E-state index contributed by atoms with van der Waals surface area (Å²) < 4.78 is 0. The van der Waals surface area contributed by atoms with Crippen molar-refractivity contribution in [3.63, 3.8) is 0 Å². The summed E-state index contributed by atoms with van der Waals surface area (Å²) in [5.74, 6) is 0.890. The lowest BCUT2D eigenvalue weighted by atomic mass is 9.67. The Kier molecular flexibility index (Phi) is 8.43. The van der Waals surface area contributed by atoms with Crippen molar-refractivity contribution in [3.05, 3.63) is 0 Å². The Balaban J connectivity index is 1.83. The highest BCUT2D eigenvalue weighted by Gasteiger charge is 2.39. The Bertz CT molecular complexity index is 388. The smallest absolute Gasteiger partial charge is 0.0159 e. The van der Waals surface area contributed by atoms with Crippen molar-refractivity contribution < 1.29 is 0 Å². The lowest BCUT2D eigenvalue weighted by Crippen LogP contribution is -2.56.